The van der Waals surface area contributed by atoms with E-state index >= 15 is 0 Å². The predicted octanol–water partition coefficient (Wildman–Crippen LogP) is 3.04. The molecule has 0 aliphatic rings. The second kappa shape index (κ2) is 6.90. The molecule has 1 heterocycles. The normalized spacial score (nSPS) is 10.0. The summed E-state index contributed by atoms with van der Waals surface area (Å²) >= 11 is 5.79. The average Bonchev–Trinajstić information content (AvgIpc) is 2.47. The van der Waals surface area contributed by atoms with Crippen LogP contribution in [0.25, 0.3) is 0 Å². The second-order valence-electron chi connectivity index (χ2n) is 4.27. The van der Waals surface area contributed by atoms with Crippen LogP contribution in [0.5, 0.6) is 0 Å². The highest BCUT2D eigenvalue weighted by Gasteiger charge is 2.07. The Labute approximate surface area is 128 Å². The third kappa shape index (κ3) is 4.06. The molecule has 0 bridgehead atoms. The first-order valence-corrected chi connectivity index (χ1v) is 6.85. The highest BCUT2D eigenvalue weighted by Crippen LogP contribution is 2.23. The van der Waals surface area contributed by atoms with E-state index in [-0.39, 0.29) is 11.3 Å². The van der Waals surface area contributed by atoms with E-state index in [1.54, 1.807) is 12.3 Å². The zero-order valence-corrected chi connectivity index (χ0v) is 12.6. The molecule has 1 aromatic heterocycles. The Morgan fingerprint density at radius 2 is 2.00 bits per heavy atom. The molecule has 0 aliphatic carbocycles. The SMILES string of the molecule is CCNC(=O)Nc1ccc(N(C)c2ccnc(Cl)n2)cc1. The molecule has 2 N–H and O–H groups in total. The van der Waals surface area contributed by atoms with Gasteiger partial charge in [-0.2, -0.15) is 0 Å². The molecule has 0 saturated carbocycles. The highest BCUT2D eigenvalue weighted by molar-refractivity contribution is 6.28. The molecule has 2 aromatic rings. The fourth-order valence-electron chi connectivity index (χ4n) is 1.75. The number of hydrogen-bond acceptors (Lipinski definition) is 4. The molecule has 2 rings (SSSR count). The first-order valence-electron chi connectivity index (χ1n) is 6.47. The molecule has 2 amide bonds. The first-order chi connectivity index (χ1) is 10.1. The summed E-state index contributed by atoms with van der Waals surface area (Å²) in [6.07, 6.45) is 1.60. The van der Waals surface area contributed by atoms with Crippen molar-refractivity contribution < 1.29 is 4.79 Å². The van der Waals surface area contributed by atoms with Crippen molar-refractivity contribution in [2.75, 3.05) is 23.8 Å². The van der Waals surface area contributed by atoms with E-state index in [0.717, 1.165) is 11.4 Å². The van der Waals surface area contributed by atoms with E-state index < -0.39 is 0 Å². The van der Waals surface area contributed by atoms with Crippen molar-refractivity contribution in [2.45, 2.75) is 6.92 Å². The Morgan fingerprint density at radius 1 is 1.29 bits per heavy atom. The van der Waals surface area contributed by atoms with Crippen LogP contribution in [0, 0.1) is 0 Å². The molecule has 0 aliphatic heterocycles. The lowest BCUT2D eigenvalue weighted by Crippen LogP contribution is -2.28. The predicted molar refractivity (Wildman–Crippen MR) is 84.2 cm³/mol. The zero-order valence-electron chi connectivity index (χ0n) is 11.8. The summed E-state index contributed by atoms with van der Waals surface area (Å²) < 4.78 is 0. The minimum Gasteiger partial charge on any atom is -0.338 e. The van der Waals surface area contributed by atoms with Gasteiger partial charge in [0.1, 0.15) is 5.82 Å². The topological polar surface area (TPSA) is 70.2 Å². The number of nitrogens with zero attached hydrogens (tertiary/aromatic N) is 3. The van der Waals surface area contributed by atoms with Crippen molar-refractivity contribution in [1.29, 1.82) is 0 Å². The summed E-state index contributed by atoms with van der Waals surface area (Å²) in [5, 5.41) is 5.62. The van der Waals surface area contributed by atoms with E-state index in [0.29, 0.717) is 12.4 Å². The van der Waals surface area contributed by atoms with Crippen molar-refractivity contribution in [3.8, 4) is 0 Å². The fraction of sp³-hybridized carbons (Fsp3) is 0.214. The van der Waals surface area contributed by atoms with Gasteiger partial charge in [-0.15, -0.1) is 0 Å². The van der Waals surface area contributed by atoms with Gasteiger partial charge in [-0.1, -0.05) is 0 Å². The van der Waals surface area contributed by atoms with E-state index in [1.165, 1.54) is 0 Å². The van der Waals surface area contributed by atoms with Gasteiger partial charge in [-0.25, -0.2) is 14.8 Å². The van der Waals surface area contributed by atoms with Gasteiger partial charge in [0.2, 0.25) is 5.28 Å². The minimum atomic E-state index is -0.221. The molecule has 1 aromatic carbocycles. The summed E-state index contributed by atoms with van der Waals surface area (Å²) in [4.78, 5) is 21.3. The maximum absolute atomic E-state index is 11.4. The van der Waals surface area contributed by atoms with Gasteiger partial charge < -0.3 is 15.5 Å². The molecule has 7 heteroatoms. The smallest absolute Gasteiger partial charge is 0.319 e. The van der Waals surface area contributed by atoms with E-state index in [4.69, 9.17) is 11.6 Å². The van der Waals surface area contributed by atoms with Crippen LogP contribution >= 0.6 is 11.6 Å². The van der Waals surface area contributed by atoms with Gasteiger partial charge in [0, 0.05) is 31.2 Å². The number of carbonyl (C=O) groups is 1. The number of urea groups is 1. The molecule has 21 heavy (non-hydrogen) atoms. The standard InChI is InChI=1S/C14H16ClN5O/c1-3-16-14(21)18-10-4-6-11(7-5-10)20(2)12-8-9-17-13(15)19-12/h4-9H,3H2,1-2H3,(H2,16,18,21). The lowest BCUT2D eigenvalue weighted by atomic mass is 10.2. The minimum absolute atomic E-state index is 0.203. The van der Waals surface area contributed by atoms with Crippen LogP contribution in [0.3, 0.4) is 0 Å². The average molecular weight is 306 g/mol. The van der Waals surface area contributed by atoms with Crippen molar-refractivity contribution in [3.63, 3.8) is 0 Å². The summed E-state index contributed by atoms with van der Waals surface area (Å²) in [6, 6.07) is 8.97. The van der Waals surface area contributed by atoms with Gasteiger partial charge in [0.05, 0.1) is 0 Å². The molecule has 0 fully saturated rings. The Kier molecular flexibility index (Phi) is 4.94. The molecule has 0 radical (unpaired) electrons. The first kappa shape index (κ1) is 15.1. The number of hydrogen-bond donors (Lipinski definition) is 2. The van der Waals surface area contributed by atoms with Gasteiger partial charge in [-0.3, -0.25) is 0 Å². The van der Waals surface area contributed by atoms with Crippen molar-refractivity contribution in [2.24, 2.45) is 0 Å². The van der Waals surface area contributed by atoms with Crippen LogP contribution < -0.4 is 15.5 Å². The van der Waals surface area contributed by atoms with E-state index in [2.05, 4.69) is 20.6 Å². The molecule has 110 valence electrons. The summed E-state index contributed by atoms with van der Waals surface area (Å²) in [7, 11) is 1.88. The fourth-order valence-corrected chi connectivity index (χ4v) is 1.89. The Morgan fingerprint density at radius 3 is 2.62 bits per heavy atom. The lowest BCUT2D eigenvalue weighted by Gasteiger charge is -2.18. The molecule has 0 spiro atoms. The van der Waals surface area contributed by atoms with E-state index in [1.807, 2.05) is 43.1 Å². The number of nitrogens with one attached hydrogen (secondary N) is 2. The van der Waals surface area contributed by atoms with Gasteiger partial charge in [-0.05, 0) is 48.9 Å². The van der Waals surface area contributed by atoms with Crippen LogP contribution in [0.2, 0.25) is 5.28 Å². The number of amides is 2. The summed E-state index contributed by atoms with van der Waals surface area (Å²) in [5.41, 5.74) is 1.64. The molecular formula is C14H16ClN5O. The molecule has 0 atom stereocenters. The third-order valence-corrected chi connectivity index (χ3v) is 2.99. The Bertz CT molecular complexity index is 617. The molecule has 0 unspecified atom stereocenters. The third-order valence-electron chi connectivity index (χ3n) is 2.80. The number of benzene rings is 1. The largest absolute Gasteiger partial charge is 0.338 e. The summed E-state index contributed by atoms with van der Waals surface area (Å²) in [6.45, 7) is 2.45. The quantitative estimate of drug-likeness (QED) is 0.852. The van der Waals surface area contributed by atoms with Gasteiger partial charge in [0.25, 0.3) is 0 Å². The molecule has 6 nitrogen and oxygen atoms in total. The maximum atomic E-state index is 11.4. The monoisotopic (exact) mass is 305 g/mol. The van der Waals surface area contributed by atoms with Crippen molar-refractivity contribution >= 4 is 34.8 Å². The van der Waals surface area contributed by atoms with Crippen LogP contribution in [-0.4, -0.2) is 29.6 Å². The Hall–Kier alpha value is -2.34. The van der Waals surface area contributed by atoms with Crippen LogP contribution in [-0.2, 0) is 0 Å². The van der Waals surface area contributed by atoms with E-state index in [9.17, 15) is 4.79 Å². The number of halogens is 1. The second-order valence-corrected chi connectivity index (χ2v) is 4.61. The number of carbonyl (C=O) groups excluding carboxylic acids is 1. The van der Waals surface area contributed by atoms with Gasteiger partial charge >= 0.3 is 6.03 Å². The van der Waals surface area contributed by atoms with Crippen molar-refractivity contribution in [3.05, 3.63) is 41.8 Å². The number of rotatable bonds is 4. The van der Waals surface area contributed by atoms with Crippen LogP contribution in [0.15, 0.2) is 36.5 Å². The van der Waals surface area contributed by atoms with Gasteiger partial charge in [0.15, 0.2) is 0 Å². The molecule has 0 saturated heterocycles. The van der Waals surface area contributed by atoms with Crippen molar-refractivity contribution in [1.82, 2.24) is 15.3 Å². The molecular weight excluding hydrogens is 290 g/mol. The maximum Gasteiger partial charge on any atom is 0.319 e. The van der Waals surface area contributed by atoms with Crippen LogP contribution in [0.4, 0.5) is 22.0 Å². The highest BCUT2D eigenvalue weighted by atomic mass is 35.5. The zero-order chi connectivity index (χ0) is 15.2. The van der Waals surface area contributed by atoms with Crippen LogP contribution in [0.1, 0.15) is 6.92 Å². The number of anilines is 3. The lowest BCUT2D eigenvalue weighted by molar-refractivity contribution is 0.252. The Balaban J connectivity index is 2.09. The summed E-state index contributed by atoms with van der Waals surface area (Å²) in [5.74, 6) is 0.694. The number of aromatic nitrogens is 2.